The van der Waals surface area contributed by atoms with Gasteiger partial charge in [0.15, 0.2) is 0 Å². The molecule has 0 saturated carbocycles. The van der Waals surface area contributed by atoms with Gasteiger partial charge >= 0.3 is 0 Å². The van der Waals surface area contributed by atoms with Crippen LogP contribution in [-0.4, -0.2) is 22.0 Å². The van der Waals surface area contributed by atoms with Gasteiger partial charge in [0, 0.05) is 18.5 Å². The summed E-state index contributed by atoms with van der Waals surface area (Å²) in [7, 11) is 0. The first-order valence-electron chi connectivity index (χ1n) is 8.20. The fourth-order valence-electron chi connectivity index (χ4n) is 2.24. The number of aryl methyl sites for hydroxylation is 1. The summed E-state index contributed by atoms with van der Waals surface area (Å²) in [5.41, 5.74) is 1.46. The highest BCUT2D eigenvalue weighted by atomic mass is 32.1. The smallest absolute Gasteiger partial charge is 0.261 e. The van der Waals surface area contributed by atoms with Gasteiger partial charge < -0.3 is 5.32 Å². The van der Waals surface area contributed by atoms with Crippen molar-refractivity contribution < 1.29 is 9.59 Å². The minimum Gasteiger partial charge on any atom is -0.347 e. The molecule has 6 nitrogen and oxygen atoms in total. The highest BCUT2D eigenvalue weighted by Crippen LogP contribution is 2.17. The highest BCUT2D eigenvalue weighted by molar-refractivity contribution is 7.15. The first-order chi connectivity index (χ1) is 12.7. The maximum absolute atomic E-state index is 12.3. The third-order valence-corrected chi connectivity index (χ3v) is 5.33. The number of nitrogens with zero attached hydrogens (tertiary/aromatic N) is 2. The Morgan fingerprint density at radius 3 is 2.58 bits per heavy atom. The van der Waals surface area contributed by atoms with E-state index in [0.29, 0.717) is 22.1 Å². The molecule has 2 aromatic heterocycles. The lowest BCUT2D eigenvalue weighted by atomic mass is 10.1. The van der Waals surface area contributed by atoms with Crippen LogP contribution in [0.25, 0.3) is 0 Å². The molecule has 0 aliphatic carbocycles. The summed E-state index contributed by atoms with van der Waals surface area (Å²) >= 11 is 2.80. The van der Waals surface area contributed by atoms with Crippen molar-refractivity contribution in [2.75, 3.05) is 5.32 Å². The Labute approximate surface area is 159 Å². The molecular formula is C18H18N4O2S2. The summed E-state index contributed by atoms with van der Waals surface area (Å²) in [6.07, 6.45) is 1.85. The van der Waals surface area contributed by atoms with E-state index in [4.69, 9.17) is 0 Å². The molecule has 0 atom stereocenters. The quantitative estimate of drug-likeness (QED) is 0.648. The van der Waals surface area contributed by atoms with E-state index in [1.165, 1.54) is 22.7 Å². The molecule has 1 aromatic carbocycles. The Bertz CT molecular complexity index is 873. The molecule has 3 rings (SSSR count). The van der Waals surface area contributed by atoms with Crippen LogP contribution in [0.1, 0.15) is 43.9 Å². The summed E-state index contributed by atoms with van der Waals surface area (Å²) in [5, 5.41) is 16.9. The first kappa shape index (κ1) is 18.2. The van der Waals surface area contributed by atoms with E-state index in [0.717, 1.165) is 23.4 Å². The molecule has 0 bridgehead atoms. The number of rotatable bonds is 7. The molecule has 8 heteroatoms. The number of carbonyl (C=O) groups is 2. The van der Waals surface area contributed by atoms with Gasteiger partial charge in [0.2, 0.25) is 5.13 Å². The van der Waals surface area contributed by atoms with Crippen LogP contribution in [0.15, 0.2) is 41.8 Å². The van der Waals surface area contributed by atoms with Crippen molar-refractivity contribution in [3.8, 4) is 0 Å². The molecule has 2 amide bonds. The van der Waals surface area contributed by atoms with Crippen molar-refractivity contribution in [2.24, 2.45) is 0 Å². The molecule has 134 valence electrons. The van der Waals surface area contributed by atoms with E-state index >= 15 is 0 Å². The predicted molar refractivity (Wildman–Crippen MR) is 104 cm³/mol. The van der Waals surface area contributed by atoms with E-state index in [-0.39, 0.29) is 11.8 Å². The summed E-state index contributed by atoms with van der Waals surface area (Å²) in [4.78, 5) is 24.9. The molecule has 2 heterocycles. The van der Waals surface area contributed by atoms with Gasteiger partial charge in [0.25, 0.3) is 11.8 Å². The van der Waals surface area contributed by atoms with E-state index in [1.807, 2.05) is 23.6 Å². The normalized spacial score (nSPS) is 10.5. The van der Waals surface area contributed by atoms with Crippen LogP contribution in [0.2, 0.25) is 0 Å². The van der Waals surface area contributed by atoms with Crippen molar-refractivity contribution in [2.45, 2.75) is 26.3 Å². The van der Waals surface area contributed by atoms with Gasteiger partial charge in [-0.15, -0.1) is 21.5 Å². The minimum atomic E-state index is -0.224. The number of amides is 2. The van der Waals surface area contributed by atoms with Crippen molar-refractivity contribution in [3.63, 3.8) is 0 Å². The maximum Gasteiger partial charge on any atom is 0.261 e. The average molecular weight is 387 g/mol. The van der Waals surface area contributed by atoms with Crippen LogP contribution in [0.5, 0.6) is 0 Å². The van der Waals surface area contributed by atoms with E-state index < -0.39 is 0 Å². The largest absolute Gasteiger partial charge is 0.347 e. The molecule has 0 aliphatic rings. The fourth-order valence-corrected chi connectivity index (χ4v) is 3.72. The van der Waals surface area contributed by atoms with E-state index in [1.54, 1.807) is 18.2 Å². The monoisotopic (exact) mass is 386 g/mol. The molecule has 0 saturated heterocycles. The zero-order valence-corrected chi connectivity index (χ0v) is 15.8. The topological polar surface area (TPSA) is 84.0 Å². The molecular weight excluding hydrogens is 368 g/mol. The van der Waals surface area contributed by atoms with Gasteiger partial charge in [-0.3, -0.25) is 14.9 Å². The van der Waals surface area contributed by atoms with Crippen molar-refractivity contribution in [1.29, 1.82) is 0 Å². The Balaban J connectivity index is 1.54. The van der Waals surface area contributed by atoms with Crippen LogP contribution in [0.4, 0.5) is 5.13 Å². The molecule has 2 N–H and O–H groups in total. The number of carbonyl (C=O) groups excluding carboxylic acids is 2. The second kappa shape index (κ2) is 8.68. The minimum absolute atomic E-state index is 0.0963. The van der Waals surface area contributed by atoms with Crippen molar-refractivity contribution in [1.82, 2.24) is 15.5 Å². The van der Waals surface area contributed by atoms with Crippen LogP contribution in [0.3, 0.4) is 0 Å². The number of anilines is 1. The lowest BCUT2D eigenvalue weighted by Gasteiger charge is -2.05. The third kappa shape index (κ3) is 4.74. The zero-order valence-electron chi connectivity index (χ0n) is 14.2. The number of benzene rings is 1. The van der Waals surface area contributed by atoms with Gasteiger partial charge in [0.1, 0.15) is 5.01 Å². The third-order valence-electron chi connectivity index (χ3n) is 3.57. The Morgan fingerprint density at radius 1 is 1.08 bits per heavy atom. The Morgan fingerprint density at radius 2 is 1.88 bits per heavy atom. The number of hydrogen-bond donors (Lipinski definition) is 2. The maximum atomic E-state index is 12.3. The molecule has 3 aromatic rings. The summed E-state index contributed by atoms with van der Waals surface area (Å²) < 4.78 is 0. The molecule has 0 spiro atoms. The molecule has 0 fully saturated rings. The van der Waals surface area contributed by atoms with Crippen molar-refractivity contribution in [3.05, 3.63) is 62.8 Å². The van der Waals surface area contributed by atoms with Gasteiger partial charge in [-0.25, -0.2) is 0 Å². The van der Waals surface area contributed by atoms with Gasteiger partial charge in [-0.1, -0.05) is 36.5 Å². The average Bonchev–Trinajstić information content (AvgIpc) is 3.33. The SMILES string of the molecule is CCCc1nnc(NC(=O)c2ccc(CNC(=O)c3cccs3)cc2)s1. The number of aromatic nitrogens is 2. The Hall–Kier alpha value is -2.58. The van der Waals surface area contributed by atoms with E-state index in [2.05, 4.69) is 27.8 Å². The van der Waals surface area contributed by atoms with Crippen LogP contribution >= 0.6 is 22.7 Å². The zero-order chi connectivity index (χ0) is 18.4. The molecule has 0 aliphatic heterocycles. The summed E-state index contributed by atoms with van der Waals surface area (Å²) in [6, 6.07) is 10.7. The standard InChI is InChI=1S/C18H18N4O2S2/c1-2-4-15-21-22-18(26-15)20-16(23)13-8-6-12(7-9-13)11-19-17(24)14-5-3-10-25-14/h3,5-10H,2,4,11H2,1H3,(H,19,24)(H,20,22,23). The number of hydrogen-bond acceptors (Lipinski definition) is 6. The van der Waals surface area contributed by atoms with Gasteiger partial charge in [0.05, 0.1) is 4.88 Å². The Kier molecular flexibility index (Phi) is 6.08. The number of thiophene rings is 1. The molecule has 26 heavy (non-hydrogen) atoms. The summed E-state index contributed by atoms with van der Waals surface area (Å²) in [6.45, 7) is 2.49. The predicted octanol–water partition coefficient (Wildman–Crippen LogP) is 3.73. The highest BCUT2D eigenvalue weighted by Gasteiger charge is 2.10. The molecule has 0 unspecified atom stereocenters. The van der Waals surface area contributed by atoms with Gasteiger partial charge in [-0.05, 0) is 35.6 Å². The van der Waals surface area contributed by atoms with Crippen LogP contribution in [-0.2, 0) is 13.0 Å². The lowest BCUT2D eigenvalue weighted by Crippen LogP contribution is -2.21. The first-order valence-corrected chi connectivity index (χ1v) is 9.89. The fraction of sp³-hybridized carbons (Fsp3) is 0.222. The second-order valence-electron chi connectivity index (χ2n) is 5.56. The van der Waals surface area contributed by atoms with Crippen molar-refractivity contribution >= 4 is 39.6 Å². The molecule has 0 radical (unpaired) electrons. The summed E-state index contributed by atoms with van der Waals surface area (Å²) in [5.74, 6) is -0.320. The second-order valence-corrected chi connectivity index (χ2v) is 7.57. The number of nitrogens with one attached hydrogen (secondary N) is 2. The van der Waals surface area contributed by atoms with E-state index in [9.17, 15) is 9.59 Å². The van der Waals surface area contributed by atoms with Crippen LogP contribution in [0, 0.1) is 0 Å². The lowest BCUT2D eigenvalue weighted by molar-refractivity contribution is 0.0953. The van der Waals surface area contributed by atoms with Crippen LogP contribution < -0.4 is 10.6 Å². The van der Waals surface area contributed by atoms with Gasteiger partial charge in [-0.2, -0.15) is 0 Å².